The fourth-order valence-electron chi connectivity index (χ4n) is 2.65. The maximum atomic E-state index is 12.7. The summed E-state index contributed by atoms with van der Waals surface area (Å²) in [7, 11) is 0. The molecular weight excluding hydrogens is 328 g/mol. The molecule has 26 heavy (non-hydrogen) atoms. The Hall–Kier alpha value is -3.61. The van der Waals surface area contributed by atoms with Crippen LogP contribution in [0.25, 0.3) is 17.2 Å². The fraction of sp³-hybridized carbons (Fsp3) is 0.105. The third kappa shape index (κ3) is 2.90. The number of nitrogens with one attached hydrogen (secondary N) is 1. The van der Waals surface area contributed by atoms with Crippen LogP contribution in [0.4, 0.5) is 5.69 Å². The molecule has 0 spiro atoms. The van der Waals surface area contributed by atoms with E-state index >= 15 is 0 Å². The summed E-state index contributed by atoms with van der Waals surface area (Å²) in [6, 6.07) is 11.3. The lowest BCUT2D eigenvalue weighted by atomic mass is 10.2. The summed E-state index contributed by atoms with van der Waals surface area (Å²) in [5.41, 5.74) is 3.59. The molecule has 7 heteroatoms. The molecule has 4 aromatic rings. The number of carbonyl (C=O) groups is 1. The standard InChI is InChI=1S/C19H16N6O/c1-12-6-3-4-8-16(12)22-18(26)15-11-25-19(21-13(15)2)23-17(24-25)14-7-5-9-20-10-14/h3-11H,1-2H3,(H,22,26). The number of para-hydroxylation sites is 1. The molecule has 0 bridgehead atoms. The zero-order valence-electron chi connectivity index (χ0n) is 14.3. The highest BCUT2D eigenvalue weighted by Gasteiger charge is 2.15. The number of hydrogen-bond donors (Lipinski definition) is 1. The number of nitrogens with zero attached hydrogens (tertiary/aromatic N) is 5. The number of hydrogen-bond acceptors (Lipinski definition) is 5. The second-order valence-corrected chi connectivity index (χ2v) is 5.93. The number of benzene rings is 1. The van der Waals surface area contributed by atoms with E-state index < -0.39 is 0 Å². The first-order valence-electron chi connectivity index (χ1n) is 8.13. The maximum Gasteiger partial charge on any atom is 0.259 e. The van der Waals surface area contributed by atoms with Gasteiger partial charge in [0.1, 0.15) is 0 Å². The van der Waals surface area contributed by atoms with Gasteiger partial charge in [-0.2, -0.15) is 4.98 Å². The van der Waals surface area contributed by atoms with E-state index in [-0.39, 0.29) is 5.91 Å². The van der Waals surface area contributed by atoms with E-state index in [1.54, 1.807) is 25.5 Å². The maximum absolute atomic E-state index is 12.7. The highest BCUT2D eigenvalue weighted by atomic mass is 16.1. The summed E-state index contributed by atoms with van der Waals surface area (Å²) >= 11 is 0. The van der Waals surface area contributed by atoms with Crippen LogP contribution < -0.4 is 5.32 Å². The number of pyridine rings is 1. The van der Waals surface area contributed by atoms with Gasteiger partial charge < -0.3 is 5.32 Å². The van der Waals surface area contributed by atoms with Gasteiger partial charge in [0.05, 0.1) is 11.3 Å². The summed E-state index contributed by atoms with van der Waals surface area (Å²) in [6.45, 7) is 3.73. The molecule has 4 rings (SSSR count). The van der Waals surface area contributed by atoms with Crippen molar-refractivity contribution in [3.8, 4) is 11.4 Å². The molecule has 1 N–H and O–H groups in total. The van der Waals surface area contributed by atoms with Gasteiger partial charge in [-0.05, 0) is 37.6 Å². The molecule has 128 valence electrons. The molecule has 1 aromatic carbocycles. The second-order valence-electron chi connectivity index (χ2n) is 5.93. The van der Waals surface area contributed by atoms with Gasteiger partial charge >= 0.3 is 0 Å². The van der Waals surface area contributed by atoms with Crippen molar-refractivity contribution in [3.05, 3.63) is 71.8 Å². The van der Waals surface area contributed by atoms with E-state index in [9.17, 15) is 4.79 Å². The van der Waals surface area contributed by atoms with Crippen molar-refractivity contribution in [3.63, 3.8) is 0 Å². The van der Waals surface area contributed by atoms with Crippen molar-refractivity contribution < 1.29 is 4.79 Å². The Kier molecular flexibility index (Phi) is 3.89. The predicted molar refractivity (Wildman–Crippen MR) is 97.9 cm³/mol. The van der Waals surface area contributed by atoms with Crippen molar-refractivity contribution in [2.75, 3.05) is 5.32 Å². The van der Waals surface area contributed by atoms with Gasteiger partial charge in [-0.15, -0.1) is 5.10 Å². The topological polar surface area (TPSA) is 85.1 Å². The lowest BCUT2D eigenvalue weighted by Gasteiger charge is -2.09. The van der Waals surface area contributed by atoms with Crippen molar-refractivity contribution in [1.82, 2.24) is 24.6 Å². The first-order chi connectivity index (χ1) is 12.6. The van der Waals surface area contributed by atoms with Gasteiger partial charge in [-0.25, -0.2) is 9.50 Å². The van der Waals surface area contributed by atoms with Crippen LogP contribution in [0.3, 0.4) is 0 Å². The Bertz CT molecular complexity index is 1100. The number of aromatic nitrogens is 5. The Balaban J connectivity index is 1.70. The van der Waals surface area contributed by atoms with E-state index in [1.165, 1.54) is 4.52 Å². The van der Waals surface area contributed by atoms with Gasteiger partial charge in [-0.3, -0.25) is 9.78 Å². The summed E-state index contributed by atoms with van der Waals surface area (Å²) < 4.78 is 1.52. The highest BCUT2D eigenvalue weighted by molar-refractivity contribution is 6.05. The van der Waals surface area contributed by atoms with E-state index in [4.69, 9.17) is 0 Å². The van der Waals surface area contributed by atoms with Crippen LogP contribution in [0, 0.1) is 13.8 Å². The Labute approximate surface area is 149 Å². The summed E-state index contributed by atoms with van der Waals surface area (Å²) in [6.07, 6.45) is 5.03. The quantitative estimate of drug-likeness (QED) is 0.617. The number of rotatable bonds is 3. The van der Waals surface area contributed by atoms with Gasteiger partial charge in [0.2, 0.25) is 0 Å². The predicted octanol–water partition coefficient (Wildman–Crippen LogP) is 3.06. The largest absolute Gasteiger partial charge is 0.322 e. The zero-order chi connectivity index (χ0) is 18.1. The molecule has 7 nitrogen and oxygen atoms in total. The van der Waals surface area contributed by atoms with E-state index in [0.29, 0.717) is 22.9 Å². The number of aryl methyl sites for hydroxylation is 2. The smallest absolute Gasteiger partial charge is 0.259 e. The van der Waals surface area contributed by atoms with Crippen molar-refractivity contribution >= 4 is 17.4 Å². The first-order valence-corrected chi connectivity index (χ1v) is 8.13. The van der Waals surface area contributed by atoms with Crippen LogP contribution >= 0.6 is 0 Å². The van der Waals surface area contributed by atoms with E-state index in [1.807, 2.05) is 43.3 Å². The molecule has 0 unspecified atom stereocenters. The summed E-state index contributed by atoms with van der Waals surface area (Å²) in [5.74, 6) is 0.722. The minimum Gasteiger partial charge on any atom is -0.322 e. The van der Waals surface area contributed by atoms with Crippen LogP contribution in [-0.2, 0) is 0 Å². The van der Waals surface area contributed by atoms with Gasteiger partial charge in [0.25, 0.3) is 11.7 Å². The molecule has 0 aliphatic carbocycles. The Morgan fingerprint density at radius 1 is 1.08 bits per heavy atom. The third-order valence-corrected chi connectivity index (χ3v) is 4.08. The van der Waals surface area contributed by atoms with Crippen LogP contribution in [-0.4, -0.2) is 30.5 Å². The fourth-order valence-corrected chi connectivity index (χ4v) is 2.65. The monoisotopic (exact) mass is 344 g/mol. The van der Waals surface area contributed by atoms with Gasteiger partial charge in [0, 0.05) is 29.8 Å². The lowest BCUT2D eigenvalue weighted by Crippen LogP contribution is -2.16. The molecule has 0 saturated carbocycles. The number of anilines is 1. The first kappa shape index (κ1) is 15.9. The van der Waals surface area contributed by atoms with Crippen molar-refractivity contribution in [2.45, 2.75) is 13.8 Å². The molecule has 0 aliphatic heterocycles. The lowest BCUT2D eigenvalue weighted by molar-refractivity contribution is 0.102. The molecule has 0 radical (unpaired) electrons. The molecular formula is C19H16N6O. The molecule has 0 fully saturated rings. The molecule has 0 atom stereocenters. The Morgan fingerprint density at radius 3 is 2.69 bits per heavy atom. The van der Waals surface area contributed by atoms with E-state index in [0.717, 1.165) is 16.8 Å². The molecule has 0 saturated heterocycles. The Morgan fingerprint density at radius 2 is 1.92 bits per heavy atom. The van der Waals surface area contributed by atoms with Crippen LogP contribution in [0.1, 0.15) is 21.6 Å². The molecule has 0 aliphatic rings. The van der Waals surface area contributed by atoms with Gasteiger partial charge in [-0.1, -0.05) is 18.2 Å². The van der Waals surface area contributed by atoms with Crippen molar-refractivity contribution in [1.29, 1.82) is 0 Å². The van der Waals surface area contributed by atoms with Crippen LogP contribution in [0.5, 0.6) is 0 Å². The second kappa shape index (κ2) is 6.36. The number of fused-ring (bicyclic) bond motifs is 1. The third-order valence-electron chi connectivity index (χ3n) is 4.08. The summed E-state index contributed by atoms with van der Waals surface area (Å²) in [5, 5.41) is 7.33. The van der Waals surface area contributed by atoms with Crippen LogP contribution in [0.2, 0.25) is 0 Å². The molecule has 3 heterocycles. The minimum absolute atomic E-state index is 0.232. The normalized spacial score (nSPS) is 10.8. The molecule has 3 aromatic heterocycles. The van der Waals surface area contributed by atoms with Crippen LogP contribution in [0.15, 0.2) is 55.0 Å². The SMILES string of the molecule is Cc1ccccc1NC(=O)c1cn2nc(-c3cccnc3)nc2nc1C. The average Bonchev–Trinajstić information content (AvgIpc) is 3.06. The van der Waals surface area contributed by atoms with E-state index in [2.05, 4.69) is 25.4 Å². The zero-order valence-corrected chi connectivity index (χ0v) is 14.3. The summed E-state index contributed by atoms with van der Waals surface area (Å²) in [4.78, 5) is 25.6. The number of amides is 1. The minimum atomic E-state index is -0.232. The highest BCUT2D eigenvalue weighted by Crippen LogP contribution is 2.18. The molecule has 1 amide bonds. The number of carbonyl (C=O) groups excluding carboxylic acids is 1. The van der Waals surface area contributed by atoms with Crippen molar-refractivity contribution in [2.24, 2.45) is 0 Å². The average molecular weight is 344 g/mol. The van der Waals surface area contributed by atoms with Gasteiger partial charge in [0.15, 0.2) is 5.82 Å².